The molecule has 2 unspecified atom stereocenters. The molecule has 1 N–H and O–H groups in total. The number of aliphatic hydroxyl groups is 1. The van der Waals surface area contributed by atoms with Crippen molar-refractivity contribution in [2.24, 2.45) is 5.41 Å². The van der Waals surface area contributed by atoms with Crippen LogP contribution in [0.5, 0.6) is 0 Å². The van der Waals surface area contributed by atoms with Crippen molar-refractivity contribution in [2.75, 3.05) is 0 Å². The third-order valence-electron chi connectivity index (χ3n) is 7.90. The van der Waals surface area contributed by atoms with Crippen molar-refractivity contribution in [3.05, 3.63) is 63.5 Å². The minimum Gasteiger partial charge on any atom is -0.512 e. The zero-order chi connectivity index (χ0) is 25.2. The summed E-state index contributed by atoms with van der Waals surface area (Å²) in [6.07, 6.45) is 5.42. The minimum absolute atomic E-state index is 0. The summed E-state index contributed by atoms with van der Waals surface area (Å²) in [5.74, 6) is 0.239. The molecule has 3 aromatic heterocycles. The number of carbonyl (C=O) groups is 1. The number of pyridine rings is 2. The van der Waals surface area contributed by atoms with Crippen LogP contribution >= 0.6 is 0 Å². The van der Waals surface area contributed by atoms with E-state index in [0.717, 1.165) is 40.7 Å². The fourth-order valence-corrected chi connectivity index (χ4v) is 5.73. The summed E-state index contributed by atoms with van der Waals surface area (Å²) in [4.78, 5) is 32.4. The number of rotatable bonds is 1. The van der Waals surface area contributed by atoms with Crippen LogP contribution in [0.4, 0.5) is 0 Å². The summed E-state index contributed by atoms with van der Waals surface area (Å²) in [7, 11) is 0. The number of allylic oxidation sites excluding steroid dienone is 2. The SMILES string of the molecule is CC(=O)C=C(C)O.CC(C)(C)c1c[c-]c2c(ccn3c4c(c(=O)nc23)C2CCC4(C)C2(C)C)n1.[Ir]. The summed E-state index contributed by atoms with van der Waals surface area (Å²) in [5, 5.41) is 9.19. The fourth-order valence-electron chi connectivity index (χ4n) is 5.73. The van der Waals surface area contributed by atoms with E-state index in [-0.39, 0.29) is 53.5 Å². The second kappa shape index (κ2) is 8.93. The van der Waals surface area contributed by atoms with Gasteiger partial charge in [0.1, 0.15) is 0 Å². The van der Waals surface area contributed by atoms with Crippen LogP contribution in [0.2, 0.25) is 0 Å². The first-order chi connectivity index (χ1) is 15.7. The second-order valence-electron chi connectivity index (χ2n) is 11.5. The van der Waals surface area contributed by atoms with E-state index in [4.69, 9.17) is 10.1 Å². The molecule has 7 heteroatoms. The molecule has 0 spiro atoms. The van der Waals surface area contributed by atoms with Crippen LogP contribution in [-0.2, 0) is 35.7 Å². The summed E-state index contributed by atoms with van der Waals surface area (Å²) in [5.41, 5.74) is 4.59. The largest absolute Gasteiger partial charge is 0.512 e. The van der Waals surface area contributed by atoms with E-state index >= 15 is 0 Å². The molecule has 2 atom stereocenters. The van der Waals surface area contributed by atoms with Gasteiger partial charge in [0.05, 0.1) is 11.4 Å². The number of aliphatic hydroxyl groups excluding tert-OH is 1. The van der Waals surface area contributed by atoms with Crippen molar-refractivity contribution in [1.29, 1.82) is 0 Å². The van der Waals surface area contributed by atoms with Crippen molar-refractivity contribution >= 4 is 22.3 Å². The number of hydrogen-bond acceptors (Lipinski definition) is 5. The van der Waals surface area contributed by atoms with Crippen LogP contribution in [-0.4, -0.2) is 25.3 Å². The van der Waals surface area contributed by atoms with Crippen LogP contribution in [0, 0.1) is 11.5 Å². The number of hydrogen-bond donors (Lipinski definition) is 1. The molecule has 1 fully saturated rings. The van der Waals surface area contributed by atoms with Gasteiger partial charge in [-0.25, -0.2) is 4.98 Å². The van der Waals surface area contributed by atoms with Crippen molar-refractivity contribution in [3.63, 3.8) is 0 Å². The van der Waals surface area contributed by atoms with Gasteiger partial charge in [0.15, 0.2) is 5.78 Å². The van der Waals surface area contributed by atoms with Crippen LogP contribution in [0.25, 0.3) is 16.6 Å². The summed E-state index contributed by atoms with van der Waals surface area (Å²) in [6.45, 7) is 16.2. The summed E-state index contributed by atoms with van der Waals surface area (Å²) >= 11 is 0. The van der Waals surface area contributed by atoms with E-state index in [0.29, 0.717) is 11.6 Å². The van der Waals surface area contributed by atoms with Gasteiger partial charge in [-0.2, -0.15) is 0 Å². The molecule has 1 saturated carbocycles. The Labute approximate surface area is 220 Å². The van der Waals surface area contributed by atoms with Crippen molar-refractivity contribution in [1.82, 2.24) is 14.4 Å². The van der Waals surface area contributed by atoms with Gasteiger partial charge in [0, 0.05) is 42.9 Å². The van der Waals surface area contributed by atoms with Crippen molar-refractivity contribution in [3.8, 4) is 0 Å². The van der Waals surface area contributed by atoms with Gasteiger partial charge < -0.3 is 14.5 Å². The minimum atomic E-state index is -0.125. The maximum atomic E-state index is 13.1. The third kappa shape index (κ3) is 4.27. The molecule has 6 nitrogen and oxygen atoms in total. The first kappa shape index (κ1) is 27.2. The number of ketones is 1. The molecule has 3 aromatic rings. The number of aromatic nitrogens is 3. The first-order valence-electron chi connectivity index (χ1n) is 11.8. The average molecular weight is 653 g/mol. The van der Waals surface area contributed by atoms with Crippen LogP contribution in [0.3, 0.4) is 0 Å². The predicted molar refractivity (Wildman–Crippen MR) is 134 cm³/mol. The van der Waals surface area contributed by atoms with E-state index in [1.54, 1.807) is 0 Å². The van der Waals surface area contributed by atoms with Gasteiger partial charge in [-0.1, -0.05) is 53.0 Å². The maximum Gasteiger partial charge on any atom is 0.267 e. The molecule has 0 aliphatic heterocycles. The molecule has 2 bridgehead atoms. The quantitative estimate of drug-likeness (QED) is 0.161. The number of carbonyl (C=O) groups excluding carboxylic acids is 1. The fraction of sp³-hybridized carbons (Fsp3) is 0.500. The van der Waals surface area contributed by atoms with Gasteiger partial charge in [0.25, 0.3) is 5.56 Å². The zero-order valence-electron chi connectivity index (χ0n) is 21.7. The molecule has 1 radical (unpaired) electrons. The molecule has 0 amide bonds. The molecule has 0 saturated heterocycles. The summed E-state index contributed by atoms with van der Waals surface area (Å²) in [6, 6.07) is 7.37. The summed E-state index contributed by atoms with van der Waals surface area (Å²) < 4.78 is 2.15. The van der Waals surface area contributed by atoms with Gasteiger partial charge in [-0.05, 0) is 60.8 Å². The van der Waals surface area contributed by atoms with Gasteiger partial charge >= 0.3 is 0 Å². The Morgan fingerprint density at radius 2 is 1.89 bits per heavy atom. The molecule has 3 heterocycles. The zero-order valence-corrected chi connectivity index (χ0v) is 24.1. The van der Waals surface area contributed by atoms with Crippen LogP contribution in [0.15, 0.2) is 35.0 Å². The molecule has 5 rings (SSSR count). The Balaban J connectivity index is 0.000000378. The van der Waals surface area contributed by atoms with Crippen molar-refractivity contribution < 1.29 is 30.0 Å². The Hall–Kier alpha value is -2.37. The number of nitrogens with zero attached hydrogens (tertiary/aromatic N) is 3. The van der Waals surface area contributed by atoms with E-state index in [9.17, 15) is 9.59 Å². The molecule has 35 heavy (non-hydrogen) atoms. The smallest absolute Gasteiger partial charge is 0.267 e. The van der Waals surface area contributed by atoms with Gasteiger partial charge in [-0.15, -0.1) is 12.1 Å². The standard InChI is InChI=1S/C23H26N3O.C5H8O2.Ir/c1-21(2,3)16-8-7-13-15(24-16)10-12-26-18-17(20(27)25-19(13)26)14-9-11-23(18,6)22(14,4)5;1-4(6)3-5(2)7;/h8,10,12,14H,9,11H2,1-6H3;3,6H,1-2H3;/q-1;;. The Bertz CT molecular complexity index is 1410. The molecule has 2 aliphatic rings. The van der Waals surface area contributed by atoms with Gasteiger partial charge in [0.2, 0.25) is 0 Å². The van der Waals surface area contributed by atoms with Crippen LogP contribution < -0.4 is 5.56 Å². The first-order valence-corrected chi connectivity index (χ1v) is 11.8. The normalized spacial score (nSPS) is 22.4. The van der Waals surface area contributed by atoms with E-state index in [1.165, 1.54) is 19.9 Å². The molecular weight excluding hydrogens is 619 g/mol. The Kier molecular flexibility index (Phi) is 6.95. The van der Waals surface area contributed by atoms with E-state index in [2.05, 4.69) is 63.2 Å². The predicted octanol–water partition coefficient (Wildman–Crippen LogP) is 5.55. The number of fused-ring (bicyclic) bond motifs is 9. The van der Waals surface area contributed by atoms with E-state index < -0.39 is 0 Å². The average Bonchev–Trinajstić information content (AvgIpc) is 3.05. The molecule has 2 aliphatic carbocycles. The second-order valence-corrected chi connectivity index (χ2v) is 11.5. The van der Waals surface area contributed by atoms with E-state index in [1.807, 2.05) is 12.1 Å². The molecule has 0 aromatic carbocycles. The van der Waals surface area contributed by atoms with Crippen LogP contribution in [0.1, 0.15) is 91.1 Å². The maximum absolute atomic E-state index is 13.1. The molecule has 189 valence electrons. The van der Waals surface area contributed by atoms with Crippen molar-refractivity contribution in [2.45, 2.75) is 85.0 Å². The third-order valence-corrected chi connectivity index (χ3v) is 7.90. The topological polar surface area (TPSA) is 84.6 Å². The van der Waals surface area contributed by atoms with Gasteiger partial charge in [-0.3, -0.25) is 9.59 Å². The Morgan fingerprint density at radius 1 is 1.23 bits per heavy atom. The Morgan fingerprint density at radius 3 is 2.43 bits per heavy atom. The molecular formula is C28H34IrN3O3-. The monoisotopic (exact) mass is 653 g/mol.